The van der Waals surface area contributed by atoms with Crippen LogP contribution in [0.1, 0.15) is 49.7 Å². The van der Waals surface area contributed by atoms with Crippen molar-refractivity contribution in [2.75, 3.05) is 12.0 Å². The van der Waals surface area contributed by atoms with Gasteiger partial charge in [-0.1, -0.05) is 38.1 Å². The average Bonchev–Trinajstić information content (AvgIpc) is 2.61. The SMILES string of the molecule is COc1ccc(C2CC(=O)N(c3ccc(C(C)C)cc3)C(=O)C2)cc1. The van der Waals surface area contributed by atoms with Crippen LogP contribution >= 0.6 is 0 Å². The highest BCUT2D eigenvalue weighted by molar-refractivity contribution is 6.17. The van der Waals surface area contributed by atoms with E-state index >= 15 is 0 Å². The smallest absolute Gasteiger partial charge is 0.234 e. The molecule has 0 spiro atoms. The number of piperidine rings is 1. The predicted molar refractivity (Wildman–Crippen MR) is 98.0 cm³/mol. The van der Waals surface area contributed by atoms with E-state index in [1.54, 1.807) is 7.11 Å². The van der Waals surface area contributed by atoms with Gasteiger partial charge in [0.05, 0.1) is 12.8 Å². The Labute approximate surface area is 148 Å². The first kappa shape index (κ1) is 17.2. The summed E-state index contributed by atoms with van der Waals surface area (Å²) in [6.45, 7) is 4.23. The van der Waals surface area contributed by atoms with E-state index in [-0.39, 0.29) is 17.7 Å². The maximum absolute atomic E-state index is 12.6. The molecule has 0 aromatic heterocycles. The molecule has 1 aliphatic heterocycles. The van der Waals surface area contributed by atoms with Gasteiger partial charge in [-0.05, 0) is 41.3 Å². The first-order valence-electron chi connectivity index (χ1n) is 8.59. The van der Waals surface area contributed by atoms with E-state index in [1.165, 1.54) is 10.5 Å². The van der Waals surface area contributed by atoms with Gasteiger partial charge >= 0.3 is 0 Å². The van der Waals surface area contributed by atoms with Crippen molar-refractivity contribution in [1.82, 2.24) is 0 Å². The van der Waals surface area contributed by atoms with Crippen LogP contribution in [-0.2, 0) is 9.59 Å². The second-order valence-electron chi connectivity index (χ2n) is 6.75. The lowest BCUT2D eigenvalue weighted by Gasteiger charge is -2.30. The largest absolute Gasteiger partial charge is 0.497 e. The van der Waals surface area contributed by atoms with E-state index in [2.05, 4.69) is 13.8 Å². The normalized spacial score (nSPS) is 15.8. The number of imide groups is 1. The van der Waals surface area contributed by atoms with Gasteiger partial charge in [-0.15, -0.1) is 0 Å². The third-order valence-corrected chi connectivity index (χ3v) is 4.75. The Morgan fingerprint density at radius 2 is 1.48 bits per heavy atom. The van der Waals surface area contributed by atoms with E-state index in [9.17, 15) is 9.59 Å². The first-order valence-corrected chi connectivity index (χ1v) is 8.59. The van der Waals surface area contributed by atoms with Crippen LogP contribution < -0.4 is 9.64 Å². The van der Waals surface area contributed by atoms with Gasteiger partial charge in [0, 0.05) is 18.8 Å². The van der Waals surface area contributed by atoms with Gasteiger partial charge < -0.3 is 4.74 Å². The number of nitrogens with zero attached hydrogens (tertiary/aromatic N) is 1. The van der Waals surface area contributed by atoms with Crippen molar-refractivity contribution in [2.24, 2.45) is 0 Å². The van der Waals surface area contributed by atoms with Gasteiger partial charge in [0.2, 0.25) is 11.8 Å². The number of anilines is 1. The molecule has 4 nitrogen and oxygen atoms in total. The van der Waals surface area contributed by atoms with E-state index in [0.29, 0.717) is 24.4 Å². The lowest BCUT2D eigenvalue weighted by Crippen LogP contribution is -2.42. The van der Waals surface area contributed by atoms with Crippen molar-refractivity contribution in [3.63, 3.8) is 0 Å². The number of hydrogen-bond donors (Lipinski definition) is 0. The van der Waals surface area contributed by atoms with Crippen LogP contribution in [0.4, 0.5) is 5.69 Å². The summed E-state index contributed by atoms with van der Waals surface area (Å²) < 4.78 is 5.16. The molecule has 2 amide bonds. The number of amides is 2. The Kier molecular flexibility index (Phi) is 4.88. The van der Waals surface area contributed by atoms with Crippen LogP contribution in [0.15, 0.2) is 48.5 Å². The van der Waals surface area contributed by atoms with Crippen LogP contribution in [0.3, 0.4) is 0 Å². The molecule has 2 aromatic rings. The Bertz CT molecular complexity index is 745. The monoisotopic (exact) mass is 337 g/mol. The minimum absolute atomic E-state index is 0.0721. The third-order valence-electron chi connectivity index (χ3n) is 4.75. The lowest BCUT2D eigenvalue weighted by molar-refractivity contribution is -0.129. The van der Waals surface area contributed by atoms with Crippen LogP contribution in [0.25, 0.3) is 0 Å². The van der Waals surface area contributed by atoms with Gasteiger partial charge in [-0.3, -0.25) is 14.5 Å². The van der Waals surface area contributed by atoms with Gasteiger partial charge in [-0.25, -0.2) is 0 Å². The standard InChI is InChI=1S/C21H23NO3/c1-14(2)15-4-8-18(9-5-15)22-20(23)12-17(13-21(22)24)16-6-10-19(25-3)11-7-16/h4-11,14,17H,12-13H2,1-3H3. The molecule has 1 aliphatic rings. The molecule has 1 fully saturated rings. The summed E-state index contributed by atoms with van der Waals surface area (Å²) in [5, 5.41) is 0. The molecule has 0 atom stereocenters. The molecule has 0 aliphatic carbocycles. The molecule has 0 radical (unpaired) electrons. The molecule has 3 rings (SSSR count). The minimum atomic E-state index is -0.144. The molecule has 130 valence electrons. The molecule has 1 heterocycles. The Morgan fingerprint density at radius 3 is 1.96 bits per heavy atom. The van der Waals surface area contributed by atoms with Crippen LogP contribution in [0.5, 0.6) is 5.75 Å². The third kappa shape index (κ3) is 3.58. The van der Waals surface area contributed by atoms with Crippen LogP contribution in [-0.4, -0.2) is 18.9 Å². The molecule has 25 heavy (non-hydrogen) atoms. The van der Waals surface area contributed by atoms with E-state index in [4.69, 9.17) is 4.74 Å². The summed E-state index contributed by atoms with van der Waals surface area (Å²) in [5.74, 6) is 0.825. The van der Waals surface area contributed by atoms with Gasteiger partial charge in [0.25, 0.3) is 0 Å². The zero-order valence-electron chi connectivity index (χ0n) is 14.9. The highest BCUT2D eigenvalue weighted by atomic mass is 16.5. The molecule has 4 heteroatoms. The van der Waals surface area contributed by atoms with Crippen molar-refractivity contribution in [2.45, 2.75) is 38.5 Å². The summed E-state index contributed by atoms with van der Waals surface area (Å²) in [6, 6.07) is 15.3. The maximum atomic E-state index is 12.6. The van der Waals surface area contributed by atoms with E-state index in [0.717, 1.165) is 11.3 Å². The van der Waals surface area contributed by atoms with Crippen molar-refractivity contribution in [3.8, 4) is 5.75 Å². The zero-order valence-corrected chi connectivity index (χ0v) is 14.9. The Balaban J connectivity index is 1.77. The summed E-state index contributed by atoms with van der Waals surface area (Å²) in [4.78, 5) is 26.5. The Morgan fingerprint density at radius 1 is 0.920 bits per heavy atom. The second kappa shape index (κ2) is 7.09. The molecule has 0 saturated carbocycles. The molecule has 1 saturated heterocycles. The number of rotatable bonds is 4. The fraction of sp³-hybridized carbons (Fsp3) is 0.333. The summed E-state index contributed by atoms with van der Waals surface area (Å²) in [6.07, 6.45) is 0.675. The highest BCUT2D eigenvalue weighted by Crippen LogP contribution is 2.33. The highest BCUT2D eigenvalue weighted by Gasteiger charge is 2.34. The number of hydrogen-bond acceptors (Lipinski definition) is 3. The van der Waals surface area contributed by atoms with Gasteiger partial charge in [0.1, 0.15) is 5.75 Å². The molecular weight excluding hydrogens is 314 g/mol. The molecule has 0 N–H and O–H groups in total. The molecule has 0 unspecified atom stereocenters. The Hall–Kier alpha value is -2.62. The van der Waals surface area contributed by atoms with Crippen molar-refractivity contribution in [1.29, 1.82) is 0 Å². The first-order chi connectivity index (χ1) is 12.0. The van der Waals surface area contributed by atoms with Gasteiger partial charge in [0.15, 0.2) is 0 Å². The number of carbonyl (C=O) groups is 2. The fourth-order valence-corrected chi connectivity index (χ4v) is 3.22. The topological polar surface area (TPSA) is 46.6 Å². The van der Waals surface area contributed by atoms with E-state index in [1.807, 2.05) is 48.5 Å². The molecule has 2 aromatic carbocycles. The summed E-state index contributed by atoms with van der Waals surface area (Å²) >= 11 is 0. The zero-order chi connectivity index (χ0) is 18.0. The van der Waals surface area contributed by atoms with Crippen molar-refractivity contribution < 1.29 is 14.3 Å². The molecular formula is C21H23NO3. The number of carbonyl (C=O) groups excluding carboxylic acids is 2. The summed E-state index contributed by atoms with van der Waals surface area (Å²) in [5.41, 5.74) is 2.85. The lowest BCUT2D eigenvalue weighted by atomic mass is 9.88. The summed E-state index contributed by atoms with van der Waals surface area (Å²) in [7, 11) is 1.62. The van der Waals surface area contributed by atoms with Crippen molar-refractivity contribution in [3.05, 3.63) is 59.7 Å². The fourth-order valence-electron chi connectivity index (χ4n) is 3.22. The minimum Gasteiger partial charge on any atom is -0.497 e. The molecule has 0 bridgehead atoms. The maximum Gasteiger partial charge on any atom is 0.234 e. The van der Waals surface area contributed by atoms with Crippen LogP contribution in [0.2, 0.25) is 0 Å². The number of ether oxygens (including phenoxy) is 1. The van der Waals surface area contributed by atoms with Gasteiger partial charge in [-0.2, -0.15) is 0 Å². The number of methoxy groups -OCH3 is 1. The number of benzene rings is 2. The van der Waals surface area contributed by atoms with Crippen LogP contribution in [0, 0.1) is 0 Å². The predicted octanol–water partition coefficient (Wildman–Crippen LogP) is 4.26. The van der Waals surface area contributed by atoms with Crippen molar-refractivity contribution >= 4 is 17.5 Å². The average molecular weight is 337 g/mol. The second-order valence-corrected chi connectivity index (χ2v) is 6.75. The van der Waals surface area contributed by atoms with E-state index < -0.39 is 0 Å². The quantitative estimate of drug-likeness (QED) is 0.783.